The molecule has 0 radical (unpaired) electrons. The van der Waals surface area contributed by atoms with E-state index >= 15 is 0 Å². The third-order valence-corrected chi connectivity index (χ3v) is 8.45. The lowest BCUT2D eigenvalue weighted by Crippen LogP contribution is -2.61. The van der Waals surface area contributed by atoms with Gasteiger partial charge in [-0.1, -0.05) is 18.2 Å². The fourth-order valence-corrected chi connectivity index (χ4v) is 6.50. The van der Waals surface area contributed by atoms with Crippen molar-refractivity contribution in [2.75, 3.05) is 26.7 Å². The van der Waals surface area contributed by atoms with Crippen LogP contribution in [0.15, 0.2) is 42.5 Å². The number of carbonyl (C=O) groups excluding carboxylic acids is 1. The van der Waals surface area contributed by atoms with Gasteiger partial charge in [-0.2, -0.15) is 0 Å². The molecule has 1 unspecified atom stereocenters. The molecule has 2 aromatic rings. The first-order valence-electron chi connectivity index (χ1n) is 11.4. The molecular weight excluding hydrogens is 461 g/mol. The average molecular weight is 492 g/mol. The van der Waals surface area contributed by atoms with E-state index in [9.17, 15) is 22.7 Å². The molecule has 2 fully saturated rings. The van der Waals surface area contributed by atoms with E-state index in [1.165, 1.54) is 37.4 Å². The Labute approximate surface area is 199 Å². The number of piperidine rings is 1. The van der Waals surface area contributed by atoms with Crippen molar-refractivity contribution in [3.8, 4) is 11.5 Å². The molecule has 10 heteroatoms. The van der Waals surface area contributed by atoms with Gasteiger partial charge in [0.15, 0.2) is 5.37 Å². The zero-order valence-electron chi connectivity index (χ0n) is 19.0. The summed E-state index contributed by atoms with van der Waals surface area (Å²) in [5, 5.41) is 14.9. The Hall–Kier alpha value is -2.69. The van der Waals surface area contributed by atoms with Crippen LogP contribution in [-0.4, -0.2) is 51.5 Å². The van der Waals surface area contributed by atoms with E-state index in [1.54, 1.807) is 12.1 Å². The van der Waals surface area contributed by atoms with E-state index in [0.717, 1.165) is 12.8 Å². The van der Waals surface area contributed by atoms with Crippen LogP contribution in [0.5, 0.6) is 11.5 Å². The van der Waals surface area contributed by atoms with Crippen molar-refractivity contribution >= 4 is 15.9 Å². The number of methoxy groups -OCH3 is 1. The van der Waals surface area contributed by atoms with Crippen molar-refractivity contribution in [3.05, 3.63) is 59.4 Å². The number of rotatable bonds is 9. The van der Waals surface area contributed by atoms with Crippen molar-refractivity contribution in [2.24, 2.45) is 5.92 Å². The fraction of sp³-hybridized carbons (Fsp3) is 0.458. The van der Waals surface area contributed by atoms with Crippen molar-refractivity contribution in [1.82, 2.24) is 15.4 Å². The van der Waals surface area contributed by atoms with Crippen molar-refractivity contribution in [2.45, 2.75) is 36.5 Å². The molecule has 2 aromatic carbocycles. The number of amides is 1. The lowest BCUT2D eigenvalue weighted by atomic mass is 9.72. The predicted octanol–water partition coefficient (Wildman–Crippen LogP) is 2.25. The molecule has 1 heterocycles. The van der Waals surface area contributed by atoms with E-state index in [4.69, 9.17) is 4.74 Å². The topological polar surface area (TPSA) is 117 Å². The summed E-state index contributed by atoms with van der Waals surface area (Å²) >= 11 is 0. The first-order valence-corrected chi connectivity index (χ1v) is 12.9. The Morgan fingerprint density at radius 3 is 2.59 bits per heavy atom. The number of carbonyl (C=O) groups is 1. The molecule has 1 saturated heterocycles. The van der Waals surface area contributed by atoms with Crippen LogP contribution in [0.4, 0.5) is 4.39 Å². The van der Waals surface area contributed by atoms with Crippen molar-refractivity contribution in [1.29, 1.82) is 0 Å². The van der Waals surface area contributed by atoms with Crippen LogP contribution in [0.1, 0.15) is 41.6 Å². The standard InChI is InChI=1S/C24H30FN3O5S/c1-33-20-7-3-6-19(29)21(20)22(30)28-23(34(31,32)27-15-16-8-9-16)24(10-12-26-13-11-24)17-4-2-5-18(25)14-17/h2-7,14,16,23,26-27,29H,8-13,15H2,1H3,(H,28,30). The molecule has 1 aliphatic carbocycles. The number of nitrogens with one attached hydrogen (secondary N) is 3. The van der Waals surface area contributed by atoms with Gasteiger partial charge >= 0.3 is 0 Å². The van der Waals surface area contributed by atoms with Gasteiger partial charge in [-0.25, -0.2) is 17.5 Å². The molecule has 2 aliphatic rings. The SMILES string of the molecule is COc1cccc(O)c1C(=O)NC(C1(c2cccc(F)c2)CCNCC1)S(=O)(=O)NCC1CC1. The molecule has 0 spiro atoms. The zero-order chi connectivity index (χ0) is 24.3. The second-order valence-corrected chi connectivity index (χ2v) is 10.8. The van der Waals surface area contributed by atoms with Gasteiger partial charge in [0.1, 0.15) is 22.9 Å². The maximum absolute atomic E-state index is 14.3. The van der Waals surface area contributed by atoms with Crippen molar-refractivity contribution < 1.29 is 27.4 Å². The first kappa shape index (κ1) is 24.4. The summed E-state index contributed by atoms with van der Waals surface area (Å²) < 4.78 is 49.6. The van der Waals surface area contributed by atoms with Gasteiger partial charge in [0.05, 0.1) is 7.11 Å². The second kappa shape index (κ2) is 9.89. The Kier molecular flexibility index (Phi) is 7.11. The van der Waals surface area contributed by atoms with Gasteiger partial charge in [-0.15, -0.1) is 0 Å². The lowest BCUT2D eigenvalue weighted by molar-refractivity contribution is 0.0919. The highest BCUT2D eigenvalue weighted by atomic mass is 32.2. The highest BCUT2D eigenvalue weighted by Crippen LogP contribution is 2.40. The van der Waals surface area contributed by atoms with Gasteiger partial charge in [0, 0.05) is 12.0 Å². The summed E-state index contributed by atoms with van der Waals surface area (Å²) in [4.78, 5) is 13.4. The summed E-state index contributed by atoms with van der Waals surface area (Å²) in [7, 11) is -2.73. The Morgan fingerprint density at radius 1 is 1.24 bits per heavy atom. The number of benzene rings is 2. The van der Waals surface area contributed by atoms with Crippen LogP contribution in [0.2, 0.25) is 0 Å². The number of hydrogen-bond donors (Lipinski definition) is 4. The highest BCUT2D eigenvalue weighted by molar-refractivity contribution is 7.90. The molecule has 0 bridgehead atoms. The van der Waals surface area contributed by atoms with E-state index in [2.05, 4.69) is 15.4 Å². The van der Waals surface area contributed by atoms with Crippen LogP contribution in [0.3, 0.4) is 0 Å². The molecular formula is C24H30FN3O5S. The minimum atomic E-state index is -4.09. The molecule has 4 N–H and O–H groups in total. The number of phenols is 1. The van der Waals surface area contributed by atoms with E-state index < -0.39 is 32.5 Å². The van der Waals surface area contributed by atoms with Gasteiger partial charge in [-0.3, -0.25) is 4.79 Å². The normalized spacial score (nSPS) is 18.8. The van der Waals surface area contributed by atoms with Crippen LogP contribution in [0, 0.1) is 11.7 Å². The van der Waals surface area contributed by atoms with E-state index in [-0.39, 0.29) is 29.5 Å². The summed E-state index contributed by atoms with van der Waals surface area (Å²) in [6.45, 7) is 1.29. The van der Waals surface area contributed by atoms with E-state index in [1.807, 2.05) is 0 Å². The number of aromatic hydroxyl groups is 1. The first-order chi connectivity index (χ1) is 16.3. The summed E-state index contributed by atoms with van der Waals surface area (Å²) in [5.74, 6) is -1.20. The summed E-state index contributed by atoms with van der Waals surface area (Å²) in [6, 6.07) is 10.3. The summed E-state index contributed by atoms with van der Waals surface area (Å²) in [5.41, 5.74) is -0.744. The number of halogens is 1. The average Bonchev–Trinajstić information content (AvgIpc) is 3.66. The Balaban J connectivity index is 1.79. The Morgan fingerprint density at radius 2 is 1.94 bits per heavy atom. The number of hydrogen-bond acceptors (Lipinski definition) is 6. The molecule has 34 heavy (non-hydrogen) atoms. The fourth-order valence-electron chi connectivity index (χ4n) is 4.63. The quantitative estimate of drug-likeness (QED) is 0.428. The highest BCUT2D eigenvalue weighted by Gasteiger charge is 2.49. The molecule has 184 valence electrons. The maximum atomic E-state index is 14.3. The third-order valence-electron chi connectivity index (χ3n) is 6.69. The number of phenolic OH excluding ortho intramolecular Hbond substituents is 1. The molecule has 1 atom stereocenters. The smallest absolute Gasteiger partial charge is 0.259 e. The van der Waals surface area contributed by atoms with Crippen molar-refractivity contribution in [3.63, 3.8) is 0 Å². The predicted molar refractivity (Wildman–Crippen MR) is 126 cm³/mol. The largest absolute Gasteiger partial charge is 0.507 e. The molecule has 1 saturated carbocycles. The minimum Gasteiger partial charge on any atom is -0.507 e. The molecule has 1 amide bonds. The molecule has 4 rings (SSSR count). The number of sulfonamides is 1. The van der Waals surface area contributed by atoms with Gasteiger partial charge in [0.2, 0.25) is 10.0 Å². The molecule has 0 aromatic heterocycles. The molecule has 1 aliphatic heterocycles. The Bertz CT molecular complexity index is 1150. The van der Waals surface area contributed by atoms with Crippen LogP contribution < -0.4 is 20.1 Å². The second-order valence-electron chi connectivity index (χ2n) is 8.96. The van der Waals surface area contributed by atoms with Gasteiger partial charge in [0.25, 0.3) is 5.91 Å². The van der Waals surface area contributed by atoms with Crippen LogP contribution in [-0.2, 0) is 15.4 Å². The number of ether oxygens (including phenoxy) is 1. The van der Waals surface area contributed by atoms with Gasteiger partial charge < -0.3 is 20.5 Å². The van der Waals surface area contributed by atoms with Gasteiger partial charge in [-0.05, 0) is 74.5 Å². The molecule has 8 nitrogen and oxygen atoms in total. The zero-order valence-corrected chi connectivity index (χ0v) is 19.8. The monoisotopic (exact) mass is 491 g/mol. The lowest BCUT2D eigenvalue weighted by Gasteiger charge is -2.44. The third kappa shape index (κ3) is 5.03. The van der Waals surface area contributed by atoms with Crippen LogP contribution in [0.25, 0.3) is 0 Å². The summed E-state index contributed by atoms with van der Waals surface area (Å²) in [6.07, 6.45) is 2.63. The maximum Gasteiger partial charge on any atom is 0.259 e. The van der Waals surface area contributed by atoms with E-state index in [0.29, 0.717) is 31.5 Å². The van der Waals surface area contributed by atoms with Crippen LogP contribution >= 0.6 is 0 Å². The minimum absolute atomic E-state index is 0.115.